The fourth-order valence-electron chi connectivity index (χ4n) is 2.59. The first kappa shape index (κ1) is 10.4. The van der Waals surface area contributed by atoms with Crippen LogP contribution in [0.4, 0.5) is 0 Å². The fraction of sp³-hybridized carbons (Fsp3) is 1.00. The molecule has 2 rings (SSSR count). The maximum atomic E-state index is 9.77. The highest BCUT2D eigenvalue weighted by molar-refractivity contribution is 4.84. The Morgan fingerprint density at radius 1 is 1.43 bits per heavy atom. The Labute approximate surface area is 86.0 Å². The molecule has 0 amide bonds. The van der Waals surface area contributed by atoms with Gasteiger partial charge in [-0.2, -0.15) is 0 Å². The summed E-state index contributed by atoms with van der Waals surface area (Å²) in [7, 11) is 0. The van der Waals surface area contributed by atoms with Crippen LogP contribution in [0.15, 0.2) is 0 Å². The first-order valence-corrected chi connectivity index (χ1v) is 5.81. The largest absolute Gasteiger partial charge is 0.393 e. The van der Waals surface area contributed by atoms with E-state index in [2.05, 4.69) is 11.8 Å². The average Bonchev–Trinajstić information content (AvgIpc) is 2.71. The molecule has 0 radical (unpaired) electrons. The lowest BCUT2D eigenvalue weighted by Gasteiger charge is -2.38. The van der Waals surface area contributed by atoms with Crippen molar-refractivity contribution in [2.45, 2.75) is 38.3 Å². The number of hydrogen-bond acceptors (Lipinski definition) is 3. The third kappa shape index (κ3) is 2.10. The first-order chi connectivity index (χ1) is 6.81. The molecule has 0 aromatic carbocycles. The zero-order valence-corrected chi connectivity index (χ0v) is 8.98. The molecule has 3 heteroatoms. The van der Waals surface area contributed by atoms with Crippen LogP contribution in [0.1, 0.15) is 26.2 Å². The van der Waals surface area contributed by atoms with E-state index in [0.717, 1.165) is 39.1 Å². The van der Waals surface area contributed by atoms with Crippen LogP contribution in [0, 0.1) is 5.92 Å². The fourth-order valence-corrected chi connectivity index (χ4v) is 2.59. The Kier molecular flexibility index (Phi) is 3.42. The topological polar surface area (TPSA) is 32.7 Å². The van der Waals surface area contributed by atoms with Gasteiger partial charge < -0.3 is 9.84 Å². The molecular weight excluding hydrogens is 178 g/mol. The summed E-state index contributed by atoms with van der Waals surface area (Å²) in [6.07, 6.45) is 3.13. The van der Waals surface area contributed by atoms with Crippen molar-refractivity contribution >= 4 is 0 Å². The molecule has 3 unspecified atom stereocenters. The molecule has 3 nitrogen and oxygen atoms in total. The molecule has 0 spiro atoms. The van der Waals surface area contributed by atoms with Gasteiger partial charge in [0.1, 0.15) is 0 Å². The molecule has 0 aliphatic carbocycles. The molecule has 1 N–H and O–H groups in total. The predicted molar refractivity (Wildman–Crippen MR) is 55.2 cm³/mol. The summed E-state index contributed by atoms with van der Waals surface area (Å²) in [4.78, 5) is 2.51. The zero-order valence-electron chi connectivity index (χ0n) is 8.98. The molecule has 14 heavy (non-hydrogen) atoms. The zero-order chi connectivity index (χ0) is 9.97. The van der Waals surface area contributed by atoms with Crippen LogP contribution in [0.2, 0.25) is 0 Å². The van der Waals surface area contributed by atoms with Gasteiger partial charge in [-0.25, -0.2) is 0 Å². The summed E-state index contributed by atoms with van der Waals surface area (Å²) >= 11 is 0. The Balaban J connectivity index is 1.88. The minimum absolute atomic E-state index is 0.0708. The van der Waals surface area contributed by atoms with Gasteiger partial charge in [0.05, 0.1) is 12.7 Å². The van der Waals surface area contributed by atoms with E-state index in [4.69, 9.17) is 4.74 Å². The number of piperidine rings is 1. The van der Waals surface area contributed by atoms with E-state index in [1.807, 2.05) is 0 Å². The van der Waals surface area contributed by atoms with Crippen molar-refractivity contribution in [1.29, 1.82) is 0 Å². The highest BCUT2D eigenvalue weighted by Crippen LogP contribution is 2.24. The molecule has 2 aliphatic rings. The molecule has 82 valence electrons. The summed E-state index contributed by atoms with van der Waals surface area (Å²) in [6.45, 7) is 6.09. The van der Waals surface area contributed by atoms with E-state index in [1.54, 1.807) is 0 Å². The van der Waals surface area contributed by atoms with Gasteiger partial charge in [-0.1, -0.05) is 6.92 Å². The van der Waals surface area contributed by atoms with Crippen molar-refractivity contribution < 1.29 is 9.84 Å². The maximum absolute atomic E-state index is 9.77. The minimum atomic E-state index is -0.0708. The number of ether oxygens (including phenoxy) is 1. The summed E-state index contributed by atoms with van der Waals surface area (Å²) in [5, 5.41) is 9.77. The summed E-state index contributed by atoms with van der Waals surface area (Å²) in [6, 6.07) is 0.622. The Bertz CT molecular complexity index is 180. The highest BCUT2D eigenvalue weighted by Gasteiger charge is 2.31. The standard InChI is InChI=1S/C11H21NO2/c1-2-9-7-12(5-3-11(9)13)10-4-6-14-8-10/h9-11,13H,2-8H2,1H3. The van der Waals surface area contributed by atoms with Crippen molar-refractivity contribution in [3.8, 4) is 0 Å². The molecule has 2 fully saturated rings. The lowest BCUT2D eigenvalue weighted by Crippen LogP contribution is -2.47. The quantitative estimate of drug-likeness (QED) is 0.716. The summed E-state index contributed by atoms with van der Waals surface area (Å²) in [5.41, 5.74) is 0. The second-order valence-corrected chi connectivity index (χ2v) is 4.54. The lowest BCUT2D eigenvalue weighted by atomic mass is 9.91. The Morgan fingerprint density at radius 2 is 2.29 bits per heavy atom. The van der Waals surface area contributed by atoms with Gasteiger partial charge in [-0.05, 0) is 25.2 Å². The second-order valence-electron chi connectivity index (χ2n) is 4.54. The van der Waals surface area contributed by atoms with Crippen LogP contribution in [0.5, 0.6) is 0 Å². The SMILES string of the molecule is CCC1CN(C2CCOC2)CCC1O. The van der Waals surface area contributed by atoms with E-state index in [9.17, 15) is 5.11 Å². The highest BCUT2D eigenvalue weighted by atomic mass is 16.5. The van der Waals surface area contributed by atoms with Crippen molar-refractivity contribution in [2.75, 3.05) is 26.3 Å². The molecule has 3 atom stereocenters. The van der Waals surface area contributed by atoms with Gasteiger partial charge in [-0.3, -0.25) is 4.90 Å². The second kappa shape index (κ2) is 4.60. The van der Waals surface area contributed by atoms with Crippen LogP contribution in [0.3, 0.4) is 0 Å². The number of rotatable bonds is 2. The van der Waals surface area contributed by atoms with E-state index in [1.165, 1.54) is 6.42 Å². The van der Waals surface area contributed by atoms with E-state index >= 15 is 0 Å². The first-order valence-electron chi connectivity index (χ1n) is 5.81. The minimum Gasteiger partial charge on any atom is -0.393 e. The number of hydrogen-bond donors (Lipinski definition) is 1. The summed E-state index contributed by atoms with van der Waals surface area (Å²) < 4.78 is 5.40. The van der Waals surface area contributed by atoms with Crippen LogP contribution in [-0.4, -0.2) is 48.5 Å². The molecule has 0 aromatic rings. The van der Waals surface area contributed by atoms with Gasteiger partial charge in [0.2, 0.25) is 0 Å². The predicted octanol–water partition coefficient (Wildman–Crippen LogP) is 0.868. The third-order valence-electron chi connectivity index (χ3n) is 3.67. The van der Waals surface area contributed by atoms with Gasteiger partial charge in [0.25, 0.3) is 0 Å². The average molecular weight is 199 g/mol. The number of aliphatic hydroxyl groups excluding tert-OH is 1. The van der Waals surface area contributed by atoms with Gasteiger partial charge in [0, 0.05) is 25.7 Å². The number of aliphatic hydroxyl groups is 1. The van der Waals surface area contributed by atoms with Crippen LogP contribution in [0.25, 0.3) is 0 Å². The van der Waals surface area contributed by atoms with Crippen LogP contribution >= 0.6 is 0 Å². The molecule has 2 heterocycles. The number of nitrogens with zero attached hydrogens (tertiary/aromatic N) is 1. The molecule has 0 aromatic heterocycles. The molecular formula is C11H21NO2. The lowest BCUT2D eigenvalue weighted by molar-refractivity contribution is 0.00625. The van der Waals surface area contributed by atoms with Gasteiger partial charge in [-0.15, -0.1) is 0 Å². The number of likely N-dealkylation sites (tertiary alicyclic amines) is 1. The van der Waals surface area contributed by atoms with E-state index in [-0.39, 0.29) is 6.10 Å². The normalized spacial score (nSPS) is 40.3. The van der Waals surface area contributed by atoms with Crippen molar-refractivity contribution in [3.05, 3.63) is 0 Å². The third-order valence-corrected chi connectivity index (χ3v) is 3.67. The Morgan fingerprint density at radius 3 is 2.93 bits per heavy atom. The van der Waals surface area contributed by atoms with Gasteiger partial charge >= 0.3 is 0 Å². The smallest absolute Gasteiger partial charge is 0.0622 e. The molecule has 2 saturated heterocycles. The van der Waals surface area contributed by atoms with Gasteiger partial charge in [0.15, 0.2) is 0 Å². The van der Waals surface area contributed by atoms with Crippen molar-refractivity contribution in [1.82, 2.24) is 4.90 Å². The van der Waals surface area contributed by atoms with Crippen LogP contribution in [-0.2, 0) is 4.74 Å². The van der Waals surface area contributed by atoms with Crippen molar-refractivity contribution in [2.24, 2.45) is 5.92 Å². The maximum Gasteiger partial charge on any atom is 0.0622 e. The van der Waals surface area contributed by atoms with Crippen molar-refractivity contribution in [3.63, 3.8) is 0 Å². The van der Waals surface area contributed by atoms with E-state index < -0.39 is 0 Å². The monoisotopic (exact) mass is 199 g/mol. The summed E-state index contributed by atoms with van der Waals surface area (Å²) in [5.74, 6) is 0.476. The molecule has 2 aliphatic heterocycles. The molecule has 0 saturated carbocycles. The molecule has 0 bridgehead atoms. The van der Waals surface area contributed by atoms with E-state index in [0.29, 0.717) is 12.0 Å². The Hall–Kier alpha value is -0.120. The van der Waals surface area contributed by atoms with Crippen LogP contribution < -0.4 is 0 Å².